The zero-order valence-corrected chi connectivity index (χ0v) is 16.4. The van der Waals surface area contributed by atoms with Crippen LogP contribution in [0.25, 0.3) is 28.2 Å². The minimum Gasteiger partial charge on any atom is -0.289 e. The summed E-state index contributed by atoms with van der Waals surface area (Å²) in [7, 11) is 0. The first kappa shape index (κ1) is 23.4. The van der Waals surface area contributed by atoms with Crippen LogP contribution in [0.15, 0.2) is 59.4 Å². The summed E-state index contributed by atoms with van der Waals surface area (Å²) in [5.41, 5.74) is -6.29. The van der Waals surface area contributed by atoms with Gasteiger partial charge in [0.25, 0.3) is 5.56 Å². The quantitative estimate of drug-likeness (QED) is 0.330. The Balaban J connectivity index is 1.87. The summed E-state index contributed by atoms with van der Waals surface area (Å²) in [6.45, 7) is 0. The first-order valence-corrected chi connectivity index (χ1v) is 9.23. The molecular formula is C21H10F9N3O. The van der Waals surface area contributed by atoms with Crippen molar-refractivity contribution in [2.75, 3.05) is 0 Å². The van der Waals surface area contributed by atoms with E-state index < -0.39 is 52.0 Å². The standard InChI is InChI=1S/C21H10F9N3O/c22-19(23,24)12-3-1-2-10(4-12)16-8-17-31-15(9-18(34)33(17)32-16)11-5-13(20(25,26)27)7-14(6-11)21(28,29)30/h1-9,32H. The van der Waals surface area contributed by atoms with E-state index in [1.165, 1.54) is 6.07 Å². The van der Waals surface area contributed by atoms with Gasteiger partial charge in [-0.05, 0) is 30.3 Å². The molecule has 0 aliphatic carbocycles. The van der Waals surface area contributed by atoms with E-state index >= 15 is 0 Å². The second kappa shape index (κ2) is 7.64. The molecule has 4 aromatic rings. The molecule has 0 amide bonds. The second-order valence-electron chi connectivity index (χ2n) is 7.22. The summed E-state index contributed by atoms with van der Waals surface area (Å²) in [5, 5.41) is 2.52. The molecule has 34 heavy (non-hydrogen) atoms. The molecule has 0 bridgehead atoms. The Hall–Kier alpha value is -3.77. The van der Waals surface area contributed by atoms with Crippen LogP contribution in [-0.4, -0.2) is 14.6 Å². The van der Waals surface area contributed by atoms with Crippen LogP contribution in [0.2, 0.25) is 0 Å². The number of aromatic amines is 1. The first-order valence-electron chi connectivity index (χ1n) is 9.23. The van der Waals surface area contributed by atoms with E-state index in [9.17, 15) is 44.3 Å². The van der Waals surface area contributed by atoms with Crippen molar-refractivity contribution in [2.45, 2.75) is 18.5 Å². The highest BCUT2D eigenvalue weighted by Gasteiger charge is 2.37. The molecule has 1 N–H and O–H groups in total. The number of nitrogens with zero attached hydrogens (tertiary/aromatic N) is 2. The van der Waals surface area contributed by atoms with Crippen LogP contribution in [0.5, 0.6) is 0 Å². The van der Waals surface area contributed by atoms with Crippen molar-refractivity contribution in [1.29, 1.82) is 0 Å². The molecule has 0 spiro atoms. The second-order valence-corrected chi connectivity index (χ2v) is 7.22. The molecule has 0 saturated heterocycles. The molecule has 0 unspecified atom stereocenters. The van der Waals surface area contributed by atoms with Crippen LogP contribution >= 0.6 is 0 Å². The van der Waals surface area contributed by atoms with Crippen molar-refractivity contribution in [3.63, 3.8) is 0 Å². The molecule has 0 radical (unpaired) electrons. The Labute approximate surface area is 183 Å². The van der Waals surface area contributed by atoms with Gasteiger partial charge in [0.2, 0.25) is 0 Å². The SMILES string of the molecule is O=c1cc(-c2cc(C(F)(F)F)cc(C(F)(F)F)c2)nc2cc(-c3cccc(C(F)(F)F)c3)[nH]n12. The van der Waals surface area contributed by atoms with Gasteiger partial charge < -0.3 is 0 Å². The lowest BCUT2D eigenvalue weighted by Gasteiger charge is -2.14. The molecule has 0 aliphatic heterocycles. The van der Waals surface area contributed by atoms with E-state index in [1.807, 2.05) is 0 Å². The molecule has 2 aromatic carbocycles. The zero-order valence-electron chi connectivity index (χ0n) is 16.4. The highest BCUT2D eigenvalue weighted by atomic mass is 19.4. The van der Waals surface area contributed by atoms with Gasteiger partial charge >= 0.3 is 18.5 Å². The molecule has 0 atom stereocenters. The largest absolute Gasteiger partial charge is 0.416 e. The number of alkyl halides is 9. The number of H-pyrrole nitrogens is 1. The maximum absolute atomic E-state index is 13.2. The van der Waals surface area contributed by atoms with Crippen molar-refractivity contribution in [2.24, 2.45) is 0 Å². The lowest BCUT2D eigenvalue weighted by Crippen LogP contribution is -2.15. The fourth-order valence-electron chi connectivity index (χ4n) is 3.25. The lowest BCUT2D eigenvalue weighted by atomic mass is 10.0. The number of hydrogen-bond donors (Lipinski definition) is 1. The van der Waals surface area contributed by atoms with Crippen LogP contribution in [0.4, 0.5) is 39.5 Å². The fraction of sp³-hybridized carbons (Fsp3) is 0.143. The molecule has 178 valence electrons. The molecule has 13 heteroatoms. The van der Waals surface area contributed by atoms with Crippen LogP contribution in [0.1, 0.15) is 16.7 Å². The zero-order chi connectivity index (χ0) is 25.1. The van der Waals surface area contributed by atoms with Gasteiger partial charge in [-0.1, -0.05) is 12.1 Å². The molecule has 4 rings (SSSR count). The number of hydrogen-bond acceptors (Lipinski definition) is 2. The highest BCUT2D eigenvalue weighted by molar-refractivity contribution is 5.68. The Morgan fingerprint density at radius 1 is 0.676 bits per heavy atom. The molecular weight excluding hydrogens is 481 g/mol. The Morgan fingerprint density at radius 3 is 1.79 bits per heavy atom. The summed E-state index contributed by atoms with van der Waals surface area (Å²) in [6, 6.07) is 6.74. The van der Waals surface area contributed by atoms with Gasteiger partial charge in [0, 0.05) is 23.3 Å². The smallest absolute Gasteiger partial charge is 0.289 e. The van der Waals surface area contributed by atoms with E-state index in [-0.39, 0.29) is 23.0 Å². The number of benzene rings is 2. The number of nitrogens with one attached hydrogen (secondary N) is 1. The summed E-state index contributed by atoms with van der Waals surface area (Å²) in [6.07, 6.45) is -14.8. The number of aromatic nitrogens is 3. The van der Waals surface area contributed by atoms with Gasteiger partial charge in [-0.25, -0.2) is 9.50 Å². The maximum Gasteiger partial charge on any atom is 0.416 e. The van der Waals surface area contributed by atoms with Gasteiger partial charge in [0.15, 0.2) is 5.65 Å². The summed E-state index contributed by atoms with van der Waals surface area (Å²) in [5.74, 6) is 0. The van der Waals surface area contributed by atoms with E-state index in [4.69, 9.17) is 0 Å². The van der Waals surface area contributed by atoms with Crippen LogP contribution in [-0.2, 0) is 18.5 Å². The molecule has 0 saturated carbocycles. The maximum atomic E-state index is 13.2. The summed E-state index contributed by atoms with van der Waals surface area (Å²) < 4.78 is 119. The Morgan fingerprint density at radius 2 is 1.24 bits per heavy atom. The van der Waals surface area contributed by atoms with Crippen molar-refractivity contribution >= 4 is 5.65 Å². The van der Waals surface area contributed by atoms with Gasteiger partial charge in [0.1, 0.15) is 0 Å². The Kier molecular flexibility index (Phi) is 5.25. The van der Waals surface area contributed by atoms with Gasteiger partial charge in [0.05, 0.1) is 28.1 Å². The third kappa shape index (κ3) is 4.50. The van der Waals surface area contributed by atoms with E-state index in [2.05, 4.69) is 10.1 Å². The molecule has 2 heterocycles. The van der Waals surface area contributed by atoms with Crippen LogP contribution in [0, 0.1) is 0 Å². The predicted octanol–water partition coefficient (Wildman–Crippen LogP) is 6.41. The Bertz CT molecular complexity index is 1410. The summed E-state index contributed by atoms with van der Waals surface area (Å²) >= 11 is 0. The average molecular weight is 491 g/mol. The van der Waals surface area contributed by atoms with Crippen LogP contribution < -0.4 is 5.56 Å². The van der Waals surface area contributed by atoms with Gasteiger partial charge in [-0.15, -0.1) is 0 Å². The molecule has 2 aromatic heterocycles. The van der Waals surface area contributed by atoms with E-state index in [1.54, 1.807) is 0 Å². The highest BCUT2D eigenvalue weighted by Crippen LogP contribution is 2.38. The van der Waals surface area contributed by atoms with Crippen molar-refractivity contribution in [3.05, 3.63) is 81.6 Å². The monoisotopic (exact) mass is 491 g/mol. The number of fused-ring (bicyclic) bond motifs is 1. The van der Waals surface area contributed by atoms with E-state index in [0.717, 1.165) is 34.8 Å². The third-order valence-corrected chi connectivity index (χ3v) is 4.83. The lowest BCUT2D eigenvalue weighted by molar-refractivity contribution is -0.143. The normalized spacial score (nSPS) is 13.0. The number of rotatable bonds is 2. The van der Waals surface area contributed by atoms with Crippen molar-refractivity contribution in [1.82, 2.24) is 14.6 Å². The number of halogens is 9. The third-order valence-electron chi connectivity index (χ3n) is 4.83. The topological polar surface area (TPSA) is 50.2 Å². The molecule has 0 aliphatic rings. The molecule has 0 fully saturated rings. The van der Waals surface area contributed by atoms with Crippen molar-refractivity contribution in [3.8, 4) is 22.5 Å². The van der Waals surface area contributed by atoms with E-state index in [0.29, 0.717) is 12.1 Å². The van der Waals surface area contributed by atoms with Crippen LogP contribution in [0.3, 0.4) is 0 Å². The minimum atomic E-state index is -5.10. The van der Waals surface area contributed by atoms with Gasteiger partial charge in [-0.2, -0.15) is 39.5 Å². The average Bonchev–Trinajstić information content (AvgIpc) is 3.17. The first-order chi connectivity index (χ1) is 15.6. The fourth-order valence-corrected chi connectivity index (χ4v) is 3.25. The van der Waals surface area contributed by atoms with Crippen molar-refractivity contribution < 1.29 is 39.5 Å². The summed E-state index contributed by atoms with van der Waals surface area (Å²) in [4.78, 5) is 16.4. The minimum absolute atomic E-state index is 0.0212. The predicted molar refractivity (Wildman–Crippen MR) is 102 cm³/mol. The van der Waals surface area contributed by atoms with Gasteiger partial charge in [-0.3, -0.25) is 9.89 Å². The molecule has 4 nitrogen and oxygen atoms in total.